The van der Waals surface area contributed by atoms with Crippen molar-refractivity contribution < 1.29 is 9.59 Å². The van der Waals surface area contributed by atoms with E-state index in [0.717, 1.165) is 12.8 Å². The van der Waals surface area contributed by atoms with Gasteiger partial charge in [0.1, 0.15) is 0 Å². The number of amides is 2. The number of fused-ring (bicyclic) bond motifs is 1. The molecule has 8 heteroatoms. The smallest absolute Gasteiger partial charge is 0.259 e. The second kappa shape index (κ2) is 6.33. The van der Waals surface area contributed by atoms with Gasteiger partial charge in [0.15, 0.2) is 4.77 Å². The minimum Gasteiger partial charge on any atom is -0.354 e. The summed E-state index contributed by atoms with van der Waals surface area (Å²) in [6, 6.07) is 4.73. The summed E-state index contributed by atoms with van der Waals surface area (Å²) in [7, 11) is 0. The summed E-state index contributed by atoms with van der Waals surface area (Å²) in [4.78, 5) is 40.6. The molecule has 0 saturated heterocycles. The van der Waals surface area contributed by atoms with Gasteiger partial charge in [-0.2, -0.15) is 0 Å². The number of H-pyrrole nitrogens is 2. The van der Waals surface area contributed by atoms with Crippen LogP contribution in [0, 0.1) is 10.7 Å². The molecule has 1 aliphatic rings. The van der Waals surface area contributed by atoms with Crippen LogP contribution in [0.3, 0.4) is 0 Å². The Morgan fingerprint density at radius 3 is 2.65 bits per heavy atom. The Morgan fingerprint density at radius 2 is 1.91 bits per heavy atom. The van der Waals surface area contributed by atoms with Gasteiger partial charge in [-0.1, -0.05) is 0 Å². The Kier molecular flexibility index (Phi) is 4.24. The lowest BCUT2D eigenvalue weighted by Gasteiger charge is -2.07. The lowest BCUT2D eigenvalue weighted by Crippen LogP contribution is -2.35. The maximum Gasteiger partial charge on any atom is 0.259 e. The third kappa shape index (κ3) is 3.65. The zero-order valence-electron chi connectivity index (χ0n) is 12.3. The van der Waals surface area contributed by atoms with Crippen LogP contribution in [0.15, 0.2) is 23.0 Å². The van der Waals surface area contributed by atoms with Gasteiger partial charge >= 0.3 is 0 Å². The highest BCUT2D eigenvalue weighted by Gasteiger charge is 2.28. The molecule has 1 aromatic heterocycles. The predicted octanol–water partition coefficient (Wildman–Crippen LogP) is 0.842. The largest absolute Gasteiger partial charge is 0.354 e. The number of aromatic amines is 2. The minimum atomic E-state index is -0.293. The van der Waals surface area contributed by atoms with Crippen LogP contribution >= 0.6 is 12.2 Å². The van der Waals surface area contributed by atoms with Crippen LogP contribution < -0.4 is 16.2 Å². The SMILES string of the molecule is O=C(NCCNC(=O)C1CC1)c1ccc2c(=O)[nH]c(=S)[nH]c2c1. The zero-order valence-corrected chi connectivity index (χ0v) is 13.1. The molecule has 2 amide bonds. The molecule has 1 heterocycles. The highest BCUT2D eigenvalue weighted by molar-refractivity contribution is 7.71. The molecule has 120 valence electrons. The molecule has 23 heavy (non-hydrogen) atoms. The highest BCUT2D eigenvalue weighted by atomic mass is 32.1. The first-order valence-corrected chi connectivity index (χ1v) is 7.78. The molecule has 1 fully saturated rings. The van der Waals surface area contributed by atoms with Crippen LogP contribution in [-0.2, 0) is 4.79 Å². The molecule has 0 unspecified atom stereocenters. The van der Waals surface area contributed by atoms with E-state index in [1.807, 2.05) is 0 Å². The van der Waals surface area contributed by atoms with Gasteiger partial charge in [-0.05, 0) is 43.3 Å². The van der Waals surface area contributed by atoms with E-state index in [0.29, 0.717) is 29.6 Å². The molecule has 7 nitrogen and oxygen atoms in total. The molecule has 4 N–H and O–H groups in total. The van der Waals surface area contributed by atoms with E-state index in [2.05, 4.69) is 20.6 Å². The van der Waals surface area contributed by atoms with E-state index >= 15 is 0 Å². The van der Waals surface area contributed by atoms with Gasteiger partial charge in [-0.15, -0.1) is 0 Å². The molecule has 1 saturated carbocycles. The number of hydrogen-bond acceptors (Lipinski definition) is 4. The number of carbonyl (C=O) groups excluding carboxylic acids is 2. The molecule has 1 aliphatic carbocycles. The van der Waals surface area contributed by atoms with Gasteiger partial charge in [-0.25, -0.2) is 0 Å². The summed E-state index contributed by atoms with van der Waals surface area (Å²) in [5.74, 6) is -0.0590. The van der Waals surface area contributed by atoms with Crippen molar-refractivity contribution >= 4 is 34.9 Å². The van der Waals surface area contributed by atoms with Crippen molar-refractivity contribution in [2.24, 2.45) is 5.92 Å². The fraction of sp³-hybridized carbons (Fsp3) is 0.333. The summed E-state index contributed by atoms with van der Waals surface area (Å²) in [5.41, 5.74) is 0.634. The summed E-state index contributed by atoms with van der Waals surface area (Å²) in [6.07, 6.45) is 1.91. The number of rotatable bonds is 5. The Balaban J connectivity index is 1.62. The summed E-state index contributed by atoms with van der Waals surface area (Å²) < 4.78 is 0.211. The maximum atomic E-state index is 12.1. The average molecular weight is 332 g/mol. The van der Waals surface area contributed by atoms with E-state index in [-0.39, 0.29) is 28.1 Å². The van der Waals surface area contributed by atoms with Crippen molar-refractivity contribution in [3.63, 3.8) is 0 Å². The van der Waals surface area contributed by atoms with Crippen LogP contribution in [0.2, 0.25) is 0 Å². The van der Waals surface area contributed by atoms with E-state index < -0.39 is 0 Å². The topological polar surface area (TPSA) is 107 Å². The predicted molar refractivity (Wildman–Crippen MR) is 87.8 cm³/mol. The first-order valence-electron chi connectivity index (χ1n) is 7.37. The molecule has 0 spiro atoms. The standard InChI is InChI=1S/C15H16N4O3S/c20-12(8-1-2-8)16-5-6-17-13(21)9-3-4-10-11(7-9)18-15(23)19-14(10)22/h3-4,7-8H,1-2,5-6H2,(H,16,20)(H,17,21)(H2,18,19,22,23). The molecule has 0 bridgehead atoms. The summed E-state index contributed by atoms with van der Waals surface area (Å²) in [5, 5.41) is 5.94. The van der Waals surface area contributed by atoms with Gasteiger partial charge in [0.25, 0.3) is 11.5 Å². The van der Waals surface area contributed by atoms with Gasteiger partial charge in [0, 0.05) is 24.6 Å². The van der Waals surface area contributed by atoms with E-state index in [4.69, 9.17) is 12.2 Å². The van der Waals surface area contributed by atoms with Crippen LogP contribution in [0.5, 0.6) is 0 Å². The first-order chi connectivity index (χ1) is 11.0. The number of aromatic nitrogens is 2. The fourth-order valence-electron chi connectivity index (χ4n) is 2.26. The van der Waals surface area contributed by atoms with E-state index in [1.165, 1.54) is 0 Å². The monoisotopic (exact) mass is 332 g/mol. The van der Waals surface area contributed by atoms with Crippen molar-refractivity contribution in [1.29, 1.82) is 0 Å². The second-order valence-electron chi connectivity index (χ2n) is 5.49. The lowest BCUT2D eigenvalue weighted by atomic mass is 10.1. The van der Waals surface area contributed by atoms with Gasteiger partial charge in [0.2, 0.25) is 5.91 Å². The van der Waals surface area contributed by atoms with Gasteiger partial charge < -0.3 is 15.6 Å². The summed E-state index contributed by atoms with van der Waals surface area (Å²) >= 11 is 4.92. The second-order valence-corrected chi connectivity index (χ2v) is 5.90. The Hall–Kier alpha value is -2.48. The highest BCUT2D eigenvalue weighted by Crippen LogP contribution is 2.28. The molecule has 0 radical (unpaired) electrons. The van der Waals surface area contributed by atoms with Crippen molar-refractivity contribution in [2.45, 2.75) is 12.8 Å². The molecule has 0 atom stereocenters. The van der Waals surface area contributed by atoms with Gasteiger partial charge in [0.05, 0.1) is 10.9 Å². The van der Waals surface area contributed by atoms with Crippen LogP contribution in [0.1, 0.15) is 23.2 Å². The number of hydrogen-bond donors (Lipinski definition) is 4. The maximum absolute atomic E-state index is 12.1. The Morgan fingerprint density at radius 1 is 1.17 bits per heavy atom. The number of nitrogens with one attached hydrogen (secondary N) is 4. The molecule has 3 rings (SSSR count). The van der Waals surface area contributed by atoms with Crippen molar-refractivity contribution in [3.8, 4) is 0 Å². The number of carbonyl (C=O) groups is 2. The van der Waals surface area contributed by atoms with Gasteiger partial charge in [-0.3, -0.25) is 19.4 Å². The first kappa shape index (κ1) is 15.4. The lowest BCUT2D eigenvalue weighted by molar-refractivity contribution is -0.122. The third-order valence-corrected chi connectivity index (χ3v) is 3.86. The Bertz CT molecular complexity index is 882. The van der Waals surface area contributed by atoms with Crippen LogP contribution in [-0.4, -0.2) is 34.9 Å². The number of benzene rings is 1. The van der Waals surface area contributed by atoms with Crippen LogP contribution in [0.4, 0.5) is 0 Å². The van der Waals surface area contributed by atoms with E-state index in [9.17, 15) is 14.4 Å². The normalized spacial score (nSPS) is 13.7. The van der Waals surface area contributed by atoms with Crippen molar-refractivity contribution in [1.82, 2.24) is 20.6 Å². The van der Waals surface area contributed by atoms with Crippen molar-refractivity contribution in [2.75, 3.05) is 13.1 Å². The van der Waals surface area contributed by atoms with E-state index in [1.54, 1.807) is 18.2 Å². The molecule has 2 aromatic rings. The van der Waals surface area contributed by atoms with Crippen molar-refractivity contribution in [3.05, 3.63) is 38.9 Å². The third-order valence-electron chi connectivity index (χ3n) is 3.66. The van der Waals surface area contributed by atoms with Crippen LogP contribution in [0.25, 0.3) is 10.9 Å². The average Bonchev–Trinajstić information content (AvgIpc) is 3.35. The minimum absolute atomic E-state index is 0.0526. The quantitative estimate of drug-likeness (QED) is 0.481. The molecule has 1 aromatic carbocycles. The molecular weight excluding hydrogens is 316 g/mol. The molecule has 0 aliphatic heterocycles. The summed E-state index contributed by atoms with van der Waals surface area (Å²) in [6.45, 7) is 0.747. The Labute approximate surface area is 136 Å². The fourth-order valence-corrected chi connectivity index (χ4v) is 2.47. The molecular formula is C15H16N4O3S. The zero-order chi connectivity index (χ0) is 16.4.